The minimum atomic E-state index is -0.0506. The third-order valence-electron chi connectivity index (χ3n) is 5.42. The fourth-order valence-corrected chi connectivity index (χ4v) is 3.89. The maximum Gasteiger partial charge on any atom is 0.261 e. The third kappa shape index (κ3) is 3.07. The van der Waals surface area contributed by atoms with Crippen molar-refractivity contribution in [1.29, 1.82) is 0 Å². The third-order valence-corrected chi connectivity index (χ3v) is 5.42. The van der Waals surface area contributed by atoms with E-state index in [1.807, 2.05) is 68.5 Å². The number of furan rings is 1. The Morgan fingerprint density at radius 3 is 2.63 bits per heavy atom. The normalized spacial score (nSPS) is 18.1. The van der Waals surface area contributed by atoms with Gasteiger partial charge in [-0.05, 0) is 43.2 Å². The van der Waals surface area contributed by atoms with Crippen molar-refractivity contribution in [2.24, 2.45) is 0 Å². The van der Waals surface area contributed by atoms with Crippen LogP contribution in [0.5, 0.6) is 0 Å². The molecule has 1 amide bonds. The highest BCUT2D eigenvalue weighted by Crippen LogP contribution is 2.39. The van der Waals surface area contributed by atoms with Gasteiger partial charge in [-0.15, -0.1) is 0 Å². The first-order chi connectivity index (χ1) is 14.6. The zero-order valence-corrected chi connectivity index (χ0v) is 17.2. The van der Waals surface area contributed by atoms with Crippen LogP contribution in [0.15, 0.2) is 107 Å². The van der Waals surface area contributed by atoms with Gasteiger partial charge in [-0.3, -0.25) is 9.69 Å². The van der Waals surface area contributed by atoms with Crippen LogP contribution in [0.2, 0.25) is 0 Å². The molecule has 150 valence electrons. The number of amides is 1. The molecule has 4 heteroatoms. The van der Waals surface area contributed by atoms with Gasteiger partial charge < -0.3 is 9.73 Å². The Bertz CT molecular complexity index is 1270. The van der Waals surface area contributed by atoms with E-state index in [0.717, 1.165) is 44.6 Å². The van der Waals surface area contributed by atoms with Gasteiger partial charge in [-0.2, -0.15) is 0 Å². The van der Waals surface area contributed by atoms with Gasteiger partial charge in [0.15, 0.2) is 0 Å². The number of fused-ring (bicyclic) bond motifs is 3. The molecule has 4 rings (SSSR count). The minimum absolute atomic E-state index is 0.0506. The van der Waals surface area contributed by atoms with E-state index in [4.69, 9.17) is 4.42 Å². The standard InChI is InChI=1S/C26H24N2O2/c1-5-11-18(6-2)17(4)25-27-16-19(7-3)26(29)28(25)21-13-10-15-23-24(21)20-12-8-9-14-22(20)30-23/h5-15,27H,1-2,16H2,3-4H3/b18-11+,19-7+,25-17-. The van der Waals surface area contributed by atoms with E-state index in [9.17, 15) is 4.79 Å². The molecule has 1 aromatic heterocycles. The number of rotatable bonds is 4. The zero-order valence-electron chi connectivity index (χ0n) is 17.2. The monoisotopic (exact) mass is 396 g/mol. The molecule has 0 unspecified atom stereocenters. The highest BCUT2D eigenvalue weighted by atomic mass is 16.3. The van der Waals surface area contributed by atoms with Crippen molar-refractivity contribution in [1.82, 2.24) is 5.32 Å². The first-order valence-corrected chi connectivity index (χ1v) is 9.90. The SMILES string of the molecule is C=C/C=C(C=C)/C(C)=C1/NC/C(=C\C)C(=O)N1c1cccc2oc3ccccc3c12. The Morgan fingerprint density at radius 2 is 1.90 bits per heavy atom. The molecule has 4 nitrogen and oxygen atoms in total. The van der Waals surface area contributed by atoms with Gasteiger partial charge in [0.25, 0.3) is 5.91 Å². The molecule has 0 atom stereocenters. The van der Waals surface area contributed by atoms with Gasteiger partial charge in [0, 0.05) is 17.5 Å². The van der Waals surface area contributed by atoms with Crippen LogP contribution in [-0.2, 0) is 4.79 Å². The molecular weight excluding hydrogens is 372 g/mol. The molecule has 2 aromatic carbocycles. The Labute approximate surface area is 176 Å². The topological polar surface area (TPSA) is 45.5 Å². The van der Waals surface area contributed by atoms with Crippen LogP contribution >= 0.6 is 0 Å². The number of carbonyl (C=O) groups excluding carboxylic acids is 1. The van der Waals surface area contributed by atoms with Crippen molar-refractivity contribution in [2.75, 3.05) is 11.4 Å². The smallest absolute Gasteiger partial charge is 0.261 e. The van der Waals surface area contributed by atoms with E-state index in [1.54, 1.807) is 17.1 Å². The first kappa shape index (κ1) is 19.5. The lowest BCUT2D eigenvalue weighted by molar-refractivity contribution is -0.115. The molecule has 1 aliphatic heterocycles. The highest BCUT2D eigenvalue weighted by Gasteiger charge is 2.31. The summed E-state index contributed by atoms with van der Waals surface area (Å²) in [4.78, 5) is 15.3. The van der Waals surface area contributed by atoms with Crippen LogP contribution in [0, 0.1) is 0 Å². The molecule has 2 heterocycles. The number of carbonyl (C=O) groups is 1. The Morgan fingerprint density at radius 1 is 1.13 bits per heavy atom. The lowest BCUT2D eigenvalue weighted by Crippen LogP contribution is -2.46. The highest BCUT2D eigenvalue weighted by molar-refractivity contribution is 6.18. The first-order valence-electron chi connectivity index (χ1n) is 9.90. The van der Waals surface area contributed by atoms with Gasteiger partial charge in [-0.1, -0.05) is 61.7 Å². The average Bonchev–Trinajstić information content (AvgIpc) is 3.15. The predicted octanol–water partition coefficient (Wildman–Crippen LogP) is 6.00. The van der Waals surface area contributed by atoms with Gasteiger partial charge in [0.2, 0.25) is 0 Å². The van der Waals surface area contributed by atoms with Crippen LogP contribution in [-0.4, -0.2) is 12.5 Å². The Kier molecular flexibility index (Phi) is 5.15. The number of hydrogen-bond donors (Lipinski definition) is 1. The van der Waals surface area contributed by atoms with Crippen LogP contribution < -0.4 is 10.2 Å². The molecule has 0 bridgehead atoms. The molecule has 3 aromatic rings. The van der Waals surface area contributed by atoms with Crippen molar-refractivity contribution < 1.29 is 9.21 Å². The van der Waals surface area contributed by atoms with Crippen LogP contribution in [0.4, 0.5) is 5.69 Å². The maximum absolute atomic E-state index is 13.5. The molecule has 0 saturated carbocycles. The lowest BCUT2D eigenvalue weighted by atomic mass is 10.0. The summed E-state index contributed by atoms with van der Waals surface area (Å²) >= 11 is 0. The molecule has 30 heavy (non-hydrogen) atoms. The number of anilines is 1. The zero-order chi connectivity index (χ0) is 21.3. The fraction of sp³-hybridized carbons (Fsp3) is 0.115. The van der Waals surface area contributed by atoms with Crippen molar-refractivity contribution in [3.63, 3.8) is 0 Å². The number of hydrogen-bond acceptors (Lipinski definition) is 3. The largest absolute Gasteiger partial charge is 0.456 e. The molecule has 1 aliphatic rings. The van der Waals surface area contributed by atoms with E-state index in [2.05, 4.69) is 18.5 Å². The number of allylic oxidation sites excluding steroid dienone is 6. The number of benzene rings is 2. The van der Waals surface area contributed by atoms with Crippen LogP contribution in [0.3, 0.4) is 0 Å². The van der Waals surface area contributed by atoms with Gasteiger partial charge >= 0.3 is 0 Å². The summed E-state index contributed by atoms with van der Waals surface area (Å²) in [6.07, 6.45) is 7.24. The summed E-state index contributed by atoms with van der Waals surface area (Å²) in [5.41, 5.74) is 4.85. The lowest BCUT2D eigenvalue weighted by Gasteiger charge is -2.34. The fourth-order valence-electron chi connectivity index (χ4n) is 3.89. The molecule has 1 fully saturated rings. The quantitative estimate of drug-likeness (QED) is 0.435. The summed E-state index contributed by atoms with van der Waals surface area (Å²) < 4.78 is 6.05. The summed E-state index contributed by atoms with van der Waals surface area (Å²) in [7, 11) is 0. The van der Waals surface area contributed by atoms with Crippen molar-refractivity contribution in [3.05, 3.63) is 102 Å². The second-order valence-corrected chi connectivity index (χ2v) is 7.09. The second-order valence-electron chi connectivity index (χ2n) is 7.09. The molecular formula is C26H24N2O2. The van der Waals surface area contributed by atoms with Gasteiger partial charge in [-0.25, -0.2) is 0 Å². The van der Waals surface area contributed by atoms with E-state index >= 15 is 0 Å². The Balaban J connectivity index is 2.04. The van der Waals surface area contributed by atoms with Crippen molar-refractivity contribution >= 4 is 33.5 Å². The summed E-state index contributed by atoms with van der Waals surface area (Å²) in [6.45, 7) is 12.0. The number of para-hydroxylation sites is 1. The average molecular weight is 396 g/mol. The number of nitrogens with one attached hydrogen (secondary N) is 1. The van der Waals surface area contributed by atoms with E-state index in [-0.39, 0.29) is 5.91 Å². The summed E-state index contributed by atoms with van der Waals surface area (Å²) in [5.74, 6) is 0.682. The maximum atomic E-state index is 13.5. The summed E-state index contributed by atoms with van der Waals surface area (Å²) in [6, 6.07) is 13.7. The van der Waals surface area contributed by atoms with Crippen molar-refractivity contribution in [3.8, 4) is 0 Å². The molecule has 0 aliphatic carbocycles. The molecule has 0 spiro atoms. The van der Waals surface area contributed by atoms with Crippen LogP contribution in [0.1, 0.15) is 13.8 Å². The minimum Gasteiger partial charge on any atom is -0.456 e. The number of nitrogens with zero attached hydrogens (tertiary/aromatic N) is 1. The van der Waals surface area contributed by atoms with Crippen molar-refractivity contribution in [2.45, 2.75) is 13.8 Å². The molecule has 1 N–H and O–H groups in total. The van der Waals surface area contributed by atoms with Gasteiger partial charge in [0.05, 0.1) is 11.1 Å². The Hall–Kier alpha value is -3.79. The molecule has 1 saturated heterocycles. The van der Waals surface area contributed by atoms with E-state index < -0.39 is 0 Å². The predicted molar refractivity (Wildman–Crippen MR) is 124 cm³/mol. The molecule has 0 radical (unpaired) electrons. The van der Waals surface area contributed by atoms with E-state index in [1.165, 1.54) is 0 Å². The van der Waals surface area contributed by atoms with Crippen LogP contribution in [0.25, 0.3) is 21.9 Å². The second kappa shape index (κ2) is 7.91. The van der Waals surface area contributed by atoms with E-state index in [0.29, 0.717) is 12.1 Å². The van der Waals surface area contributed by atoms with Gasteiger partial charge in [0.1, 0.15) is 17.0 Å². The summed E-state index contributed by atoms with van der Waals surface area (Å²) in [5, 5.41) is 5.33.